The lowest BCUT2D eigenvalue weighted by Gasteiger charge is -2.31. The van der Waals surface area contributed by atoms with Crippen LogP contribution in [0.1, 0.15) is 69.0 Å². The lowest BCUT2D eigenvalue weighted by Crippen LogP contribution is -2.40. The van der Waals surface area contributed by atoms with Gasteiger partial charge >= 0.3 is 0 Å². The Balaban J connectivity index is 1.13. The van der Waals surface area contributed by atoms with Gasteiger partial charge in [0.25, 0.3) is 17.4 Å². The second-order valence-corrected chi connectivity index (χ2v) is 12.7. The van der Waals surface area contributed by atoms with Crippen LogP contribution in [0.15, 0.2) is 71.7 Å². The van der Waals surface area contributed by atoms with Crippen LogP contribution in [0.4, 0.5) is 17.2 Å². The summed E-state index contributed by atoms with van der Waals surface area (Å²) in [5.74, 6) is 0.613. The molecular formula is C37H39N5O5. The van der Waals surface area contributed by atoms with Gasteiger partial charge in [-0.1, -0.05) is 24.3 Å². The van der Waals surface area contributed by atoms with Crippen molar-refractivity contribution >= 4 is 29.0 Å². The van der Waals surface area contributed by atoms with Crippen molar-refractivity contribution in [2.45, 2.75) is 50.7 Å². The van der Waals surface area contributed by atoms with E-state index in [0.717, 1.165) is 24.8 Å². The Labute approximate surface area is 273 Å². The van der Waals surface area contributed by atoms with Crippen LogP contribution in [0.5, 0.6) is 0 Å². The lowest BCUT2D eigenvalue weighted by molar-refractivity contribution is 0.0350. The van der Waals surface area contributed by atoms with E-state index >= 15 is 0 Å². The molecule has 0 spiro atoms. The number of amides is 2. The first-order valence-corrected chi connectivity index (χ1v) is 16.3. The van der Waals surface area contributed by atoms with Gasteiger partial charge in [-0.05, 0) is 85.5 Å². The number of benzene rings is 3. The van der Waals surface area contributed by atoms with E-state index in [1.54, 1.807) is 49.5 Å². The Kier molecular flexibility index (Phi) is 8.38. The first kappa shape index (κ1) is 30.8. The van der Waals surface area contributed by atoms with Crippen LogP contribution in [0.25, 0.3) is 11.3 Å². The topological polar surface area (TPSA) is 117 Å². The van der Waals surface area contributed by atoms with Crippen molar-refractivity contribution in [3.8, 4) is 11.3 Å². The van der Waals surface area contributed by atoms with Crippen LogP contribution < -0.4 is 15.8 Å². The van der Waals surface area contributed by atoms with Crippen molar-refractivity contribution in [2.24, 2.45) is 7.05 Å². The number of likely N-dealkylation sites (tertiary alicyclic amines) is 1. The second-order valence-electron chi connectivity index (χ2n) is 12.7. The van der Waals surface area contributed by atoms with Gasteiger partial charge in [-0.3, -0.25) is 14.4 Å². The summed E-state index contributed by atoms with van der Waals surface area (Å²) in [5, 5.41) is 13.7. The number of fused-ring (bicyclic) bond motifs is 1. The largest absolute Gasteiger partial charge is 0.392 e. The molecule has 7 rings (SSSR count). The van der Waals surface area contributed by atoms with Gasteiger partial charge in [-0.25, -0.2) is 4.98 Å². The highest BCUT2D eigenvalue weighted by atomic mass is 16.5. The zero-order chi connectivity index (χ0) is 32.7. The number of piperidine rings is 1. The van der Waals surface area contributed by atoms with Crippen molar-refractivity contribution in [3.05, 3.63) is 105 Å². The van der Waals surface area contributed by atoms with E-state index in [4.69, 9.17) is 4.74 Å². The molecule has 1 saturated heterocycles. The average molecular weight is 634 g/mol. The smallest absolute Gasteiger partial charge is 0.293 e. The minimum Gasteiger partial charge on any atom is -0.392 e. The van der Waals surface area contributed by atoms with E-state index in [9.17, 15) is 19.5 Å². The van der Waals surface area contributed by atoms with E-state index in [2.05, 4.69) is 22.4 Å². The van der Waals surface area contributed by atoms with Crippen molar-refractivity contribution in [3.63, 3.8) is 0 Å². The van der Waals surface area contributed by atoms with Gasteiger partial charge < -0.3 is 29.5 Å². The molecule has 10 heteroatoms. The fraction of sp³-hybridized carbons (Fsp3) is 0.351. The number of ether oxygens (including phenoxy) is 1. The minimum absolute atomic E-state index is 0.0303. The Morgan fingerprint density at radius 1 is 0.979 bits per heavy atom. The SMILES string of the molecule is COC1CCN(C(=O)c2ccc(Nc3nc(-c4cccc(N5CCc6cc(C7CC7)ccc6C5=O)c4CO)cn(C)c3=O)cc2)CC1. The number of anilines is 3. The van der Waals surface area contributed by atoms with Crippen molar-refractivity contribution in [1.82, 2.24) is 14.5 Å². The van der Waals surface area contributed by atoms with Gasteiger partial charge in [0.1, 0.15) is 0 Å². The van der Waals surface area contributed by atoms with Gasteiger partial charge in [-0.2, -0.15) is 0 Å². The Hall–Kier alpha value is -4.80. The third-order valence-corrected chi connectivity index (χ3v) is 9.66. The quantitative estimate of drug-likeness (QED) is 0.280. The monoisotopic (exact) mass is 633 g/mol. The molecule has 3 aromatic carbocycles. The maximum atomic E-state index is 13.7. The molecule has 3 aliphatic rings. The number of rotatable bonds is 8. The highest BCUT2D eigenvalue weighted by Gasteiger charge is 2.31. The second kappa shape index (κ2) is 12.8. The summed E-state index contributed by atoms with van der Waals surface area (Å²) in [5.41, 5.74) is 6.25. The molecule has 3 heterocycles. The molecule has 0 bridgehead atoms. The summed E-state index contributed by atoms with van der Waals surface area (Å²) in [6.07, 6.45) is 6.62. The van der Waals surface area contributed by atoms with Crippen molar-refractivity contribution < 1.29 is 19.4 Å². The maximum Gasteiger partial charge on any atom is 0.293 e. The van der Waals surface area contributed by atoms with Crippen LogP contribution >= 0.6 is 0 Å². The van der Waals surface area contributed by atoms with E-state index in [1.807, 2.05) is 29.2 Å². The number of aryl methyl sites for hydroxylation is 1. The highest BCUT2D eigenvalue weighted by Crippen LogP contribution is 2.41. The summed E-state index contributed by atoms with van der Waals surface area (Å²) >= 11 is 0. The Morgan fingerprint density at radius 3 is 2.45 bits per heavy atom. The number of nitrogens with one attached hydrogen (secondary N) is 1. The van der Waals surface area contributed by atoms with Crippen molar-refractivity contribution in [1.29, 1.82) is 0 Å². The third-order valence-electron chi connectivity index (χ3n) is 9.66. The molecule has 2 N–H and O–H groups in total. The number of carbonyl (C=O) groups excluding carboxylic acids is 2. The number of aliphatic hydroxyl groups excluding tert-OH is 1. The third kappa shape index (κ3) is 6.06. The number of hydrogen-bond donors (Lipinski definition) is 2. The van der Waals surface area contributed by atoms with Gasteiger partial charge in [0.05, 0.1) is 24.1 Å². The number of nitrogens with zero attached hydrogens (tertiary/aromatic N) is 4. The van der Waals surface area contributed by atoms with E-state index < -0.39 is 0 Å². The number of methoxy groups -OCH3 is 1. The van der Waals surface area contributed by atoms with Gasteiger partial charge in [-0.15, -0.1) is 0 Å². The van der Waals surface area contributed by atoms with E-state index in [0.29, 0.717) is 64.9 Å². The summed E-state index contributed by atoms with van der Waals surface area (Å²) in [4.78, 5) is 48.2. The normalized spacial score (nSPS) is 16.7. The Morgan fingerprint density at radius 2 is 1.74 bits per heavy atom. The molecule has 0 unspecified atom stereocenters. The van der Waals surface area contributed by atoms with Crippen LogP contribution in [0.2, 0.25) is 0 Å². The zero-order valence-electron chi connectivity index (χ0n) is 26.7. The number of aromatic nitrogens is 2. The first-order valence-electron chi connectivity index (χ1n) is 16.3. The number of carbonyl (C=O) groups is 2. The molecule has 4 aromatic rings. The van der Waals surface area contributed by atoms with Gasteiger partial charge in [0.2, 0.25) is 0 Å². The zero-order valence-corrected chi connectivity index (χ0v) is 26.7. The fourth-order valence-corrected chi connectivity index (χ4v) is 6.77. The van der Waals surface area contributed by atoms with E-state index in [-0.39, 0.29) is 35.9 Å². The fourth-order valence-electron chi connectivity index (χ4n) is 6.77. The van der Waals surface area contributed by atoms with E-state index in [1.165, 1.54) is 23.0 Å². The predicted molar refractivity (Wildman–Crippen MR) is 180 cm³/mol. The molecule has 2 amide bonds. The highest BCUT2D eigenvalue weighted by molar-refractivity contribution is 6.09. The standard InChI is InChI=1S/C37H39N5O5/c1-40-21-32(39-34(37(40)46)38-27-11-8-24(9-12-27)35(44)41-17-15-28(47-2)16-18-41)30-4-3-5-33(31(30)22-43)42-19-14-26-20-25(23-6-7-23)10-13-29(26)36(42)45/h3-5,8-13,20-21,23,28,43H,6-7,14-19,22H2,1-2H3,(H,38,39). The van der Waals surface area contributed by atoms with Crippen LogP contribution in [-0.2, 0) is 24.8 Å². The molecule has 0 atom stereocenters. The summed E-state index contributed by atoms with van der Waals surface area (Å²) in [6.45, 7) is 1.51. The predicted octanol–water partition coefficient (Wildman–Crippen LogP) is 5.01. The lowest BCUT2D eigenvalue weighted by atomic mass is 9.93. The molecule has 1 aromatic heterocycles. The number of aliphatic hydroxyl groups is 1. The van der Waals surface area contributed by atoms with Gasteiger partial charge in [0.15, 0.2) is 5.82 Å². The van der Waals surface area contributed by atoms with Crippen LogP contribution in [-0.4, -0.2) is 64.2 Å². The molecule has 10 nitrogen and oxygen atoms in total. The maximum absolute atomic E-state index is 13.7. The van der Waals surface area contributed by atoms with Crippen LogP contribution in [0.3, 0.4) is 0 Å². The summed E-state index contributed by atoms with van der Waals surface area (Å²) in [7, 11) is 3.35. The molecule has 1 saturated carbocycles. The molecule has 242 valence electrons. The first-order chi connectivity index (χ1) is 22.8. The number of hydrogen-bond acceptors (Lipinski definition) is 7. The molecule has 2 fully saturated rings. The average Bonchev–Trinajstić information content (AvgIpc) is 3.96. The molecule has 1 aliphatic carbocycles. The summed E-state index contributed by atoms with van der Waals surface area (Å²) < 4.78 is 6.86. The van der Waals surface area contributed by atoms with Gasteiger partial charge in [0, 0.05) is 67.9 Å². The Bertz CT molecular complexity index is 1890. The molecule has 47 heavy (non-hydrogen) atoms. The summed E-state index contributed by atoms with van der Waals surface area (Å²) in [6, 6.07) is 18.7. The van der Waals surface area contributed by atoms with Crippen molar-refractivity contribution in [2.75, 3.05) is 37.0 Å². The molecule has 0 radical (unpaired) electrons. The molecule has 2 aliphatic heterocycles. The van der Waals surface area contributed by atoms with Crippen LogP contribution in [0, 0.1) is 0 Å². The molecular weight excluding hydrogens is 594 g/mol. The minimum atomic E-state index is -0.329.